The summed E-state index contributed by atoms with van der Waals surface area (Å²) >= 11 is 0. The van der Waals surface area contributed by atoms with E-state index in [4.69, 9.17) is 10.7 Å². The number of nitrogens with two attached hydrogens (primary N) is 1. The number of hydrogen-bond acceptors (Lipinski definition) is 7. The second-order valence-corrected chi connectivity index (χ2v) is 16.3. The van der Waals surface area contributed by atoms with Crippen molar-refractivity contribution in [2.45, 2.75) is 102 Å². The maximum atomic E-state index is 13.9. The monoisotopic (exact) mass is 773 g/mol. The van der Waals surface area contributed by atoms with Crippen LogP contribution in [0.3, 0.4) is 0 Å². The van der Waals surface area contributed by atoms with Crippen LogP contribution in [-0.2, 0) is 9.59 Å². The number of urea groups is 1. The summed E-state index contributed by atoms with van der Waals surface area (Å²) in [6.07, 6.45) is 8.69. The second kappa shape index (κ2) is 17.0. The number of aliphatic hydroxyl groups is 1. The van der Waals surface area contributed by atoms with E-state index in [1.54, 1.807) is 18.0 Å². The minimum absolute atomic E-state index is 0.0152. The van der Waals surface area contributed by atoms with Crippen LogP contribution in [0.4, 0.5) is 4.79 Å². The Labute approximate surface area is 334 Å². The number of amides is 4. The zero-order valence-electron chi connectivity index (χ0n) is 33.4. The molecule has 2 aromatic carbocycles. The molecular weight excluding hydrogens is 719 g/mol. The lowest BCUT2D eigenvalue weighted by Gasteiger charge is -2.37. The topological polar surface area (TPSA) is 177 Å². The highest BCUT2D eigenvalue weighted by molar-refractivity contribution is 5.88. The van der Waals surface area contributed by atoms with Crippen LogP contribution < -0.4 is 11.1 Å². The number of H-pyrrole nitrogens is 2. The number of benzene rings is 2. The van der Waals surface area contributed by atoms with Crippen molar-refractivity contribution in [2.24, 2.45) is 11.7 Å². The molecule has 13 heteroatoms. The first kappa shape index (κ1) is 39.8. The number of nitrogens with one attached hydrogen (secondary N) is 3. The normalized spacial score (nSPS) is 20.3. The molecule has 300 valence electrons. The molecule has 7 rings (SSSR count). The third-order valence-corrected chi connectivity index (χ3v) is 11.7. The first-order valence-corrected chi connectivity index (χ1v) is 20.4. The highest BCUT2D eigenvalue weighted by Gasteiger charge is 2.39. The number of carbonyl (C=O) groups is 3. The molecular formula is C44H55N9O4. The predicted molar refractivity (Wildman–Crippen MR) is 218 cm³/mol. The van der Waals surface area contributed by atoms with Crippen molar-refractivity contribution in [3.8, 4) is 34.4 Å². The Hall–Kier alpha value is -5.45. The van der Waals surface area contributed by atoms with Gasteiger partial charge in [0.1, 0.15) is 17.7 Å². The van der Waals surface area contributed by atoms with E-state index in [-0.39, 0.29) is 35.8 Å². The van der Waals surface area contributed by atoms with Crippen LogP contribution in [0, 0.1) is 17.8 Å². The average molecular weight is 774 g/mol. The summed E-state index contributed by atoms with van der Waals surface area (Å²) in [6, 6.07) is 14.3. The Balaban J connectivity index is 0.958. The van der Waals surface area contributed by atoms with Gasteiger partial charge in [0, 0.05) is 37.3 Å². The molecule has 4 atom stereocenters. The van der Waals surface area contributed by atoms with Crippen LogP contribution in [0.15, 0.2) is 60.9 Å². The summed E-state index contributed by atoms with van der Waals surface area (Å²) in [7, 11) is 0. The molecule has 0 unspecified atom stereocenters. The molecule has 5 heterocycles. The van der Waals surface area contributed by atoms with Crippen LogP contribution in [0.25, 0.3) is 22.5 Å². The molecule has 13 nitrogen and oxygen atoms in total. The average Bonchev–Trinajstić information content (AvgIpc) is 4.05. The van der Waals surface area contributed by atoms with Crippen LogP contribution >= 0.6 is 0 Å². The third kappa shape index (κ3) is 8.92. The largest absolute Gasteiger partial charge is 0.390 e. The van der Waals surface area contributed by atoms with Gasteiger partial charge in [0.15, 0.2) is 0 Å². The molecule has 3 aliphatic rings. The molecule has 3 fully saturated rings. The summed E-state index contributed by atoms with van der Waals surface area (Å²) in [6.45, 7) is 9.83. The Kier molecular flexibility index (Phi) is 11.8. The molecule has 0 saturated carbocycles. The van der Waals surface area contributed by atoms with Crippen molar-refractivity contribution in [2.75, 3.05) is 26.2 Å². The fraction of sp³-hybridized carbons (Fsp3) is 0.477. The Morgan fingerprint density at radius 3 is 1.75 bits per heavy atom. The molecule has 0 radical (unpaired) electrons. The van der Waals surface area contributed by atoms with Crippen molar-refractivity contribution in [1.29, 1.82) is 0 Å². The molecule has 2 aromatic heterocycles. The van der Waals surface area contributed by atoms with E-state index in [1.165, 1.54) is 0 Å². The van der Waals surface area contributed by atoms with Gasteiger partial charge in [0.2, 0.25) is 11.8 Å². The molecule has 6 N–H and O–H groups in total. The summed E-state index contributed by atoms with van der Waals surface area (Å²) in [5.41, 5.74) is 10.8. The summed E-state index contributed by atoms with van der Waals surface area (Å²) < 4.78 is 0. The second-order valence-electron chi connectivity index (χ2n) is 16.3. The number of imidazole rings is 2. The number of piperidine rings is 1. The smallest absolute Gasteiger partial charge is 0.318 e. The molecule has 3 saturated heterocycles. The first-order chi connectivity index (χ1) is 27.4. The molecule has 57 heavy (non-hydrogen) atoms. The standard InChI is InChI=1S/C44H55N9O4/c1-5-33(45)41(54)52-22-6-8-36(52)39-46-26-34(48-39)31-16-12-29(13-17-31)10-11-30-14-18-32(19-15-30)35-27-47-40(49-35)37-9-7-23-53(37)42(55)38(28(2)3)50-43(56)51-24-20-44(4,57)21-25-51/h12-19,26-28,33,36-38,57H,5-9,20-25,45H2,1-4H3,(H,46,48)(H,47,49)(H,50,56)/t33-,36-,37-,38-/m0/s1. The van der Waals surface area contributed by atoms with Gasteiger partial charge in [0.05, 0.1) is 47.5 Å². The van der Waals surface area contributed by atoms with Crippen molar-refractivity contribution in [1.82, 2.24) is 40.0 Å². The first-order valence-electron chi connectivity index (χ1n) is 20.4. The highest BCUT2D eigenvalue weighted by atomic mass is 16.3. The lowest BCUT2D eigenvalue weighted by Crippen LogP contribution is -2.56. The lowest BCUT2D eigenvalue weighted by molar-refractivity contribution is -0.135. The lowest BCUT2D eigenvalue weighted by atomic mass is 9.94. The number of nitrogens with zero attached hydrogens (tertiary/aromatic N) is 5. The van der Waals surface area contributed by atoms with Crippen LogP contribution in [-0.4, -0.2) is 101 Å². The van der Waals surface area contributed by atoms with Gasteiger partial charge in [0.25, 0.3) is 0 Å². The SMILES string of the molecule is CC[C@H](N)C(=O)N1CCC[C@H]1c1ncc(-c2ccc(C#Cc3ccc(-c4cnc([C@@H]5CCCN5C(=O)[C@@H](NC(=O)N5CCC(C)(O)CC5)C(C)C)[nH]4)cc3)cc2)[nH]1. The van der Waals surface area contributed by atoms with Gasteiger partial charge in [-0.15, -0.1) is 0 Å². The summed E-state index contributed by atoms with van der Waals surface area (Å²) in [5.74, 6) is 7.83. The summed E-state index contributed by atoms with van der Waals surface area (Å²) in [4.78, 5) is 61.5. The van der Waals surface area contributed by atoms with Gasteiger partial charge < -0.3 is 40.8 Å². The number of aromatic amines is 2. The number of carbonyl (C=O) groups excluding carboxylic acids is 3. The molecule has 4 aromatic rings. The van der Waals surface area contributed by atoms with Gasteiger partial charge in [-0.05, 0) is 93.2 Å². The van der Waals surface area contributed by atoms with E-state index in [2.05, 4.69) is 32.1 Å². The van der Waals surface area contributed by atoms with Crippen LogP contribution in [0.1, 0.15) is 108 Å². The van der Waals surface area contributed by atoms with Gasteiger partial charge >= 0.3 is 6.03 Å². The fourth-order valence-corrected chi connectivity index (χ4v) is 8.04. The van der Waals surface area contributed by atoms with E-state index < -0.39 is 17.7 Å². The molecule has 0 bridgehead atoms. The van der Waals surface area contributed by atoms with Gasteiger partial charge in [-0.3, -0.25) is 9.59 Å². The molecule has 4 amide bonds. The Morgan fingerprint density at radius 1 is 0.825 bits per heavy atom. The maximum Gasteiger partial charge on any atom is 0.318 e. The zero-order chi connectivity index (χ0) is 40.3. The van der Waals surface area contributed by atoms with Crippen molar-refractivity contribution in [3.05, 3.63) is 83.7 Å². The minimum Gasteiger partial charge on any atom is -0.390 e. The van der Waals surface area contributed by atoms with Crippen LogP contribution in [0.2, 0.25) is 0 Å². The number of hydrogen-bond donors (Lipinski definition) is 5. The van der Waals surface area contributed by atoms with E-state index in [1.807, 2.05) is 85.3 Å². The number of likely N-dealkylation sites (tertiary alicyclic amines) is 3. The van der Waals surface area contributed by atoms with E-state index in [0.717, 1.165) is 71.0 Å². The van der Waals surface area contributed by atoms with Gasteiger partial charge in [-0.25, -0.2) is 14.8 Å². The highest BCUT2D eigenvalue weighted by Crippen LogP contribution is 2.34. The minimum atomic E-state index is -0.762. The van der Waals surface area contributed by atoms with Crippen LogP contribution in [0.5, 0.6) is 0 Å². The fourth-order valence-electron chi connectivity index (χ4n) is 8.04. The Bertz CT molecular complexity index is 2100. The van der Waals surface area contributed by atoms with Crippen molar-refractivity contribution in [3.63, 3.8) is 0 Å². The maximum absolute atomic E-state index is 13.9. The quantitative estimate of drug-likeness (QED) is 0.139. The number of rotatable bonds is 9. The van der Waals surface area contributed by atoms with Crippen molar-refractivity contribution < 1.29 is 19.5 Å². The molecule has 3 aliphatic heterocycles. The van der Waals surface area contributed by atoms with E-state index in [9.17, 15) is 19.5 Å². The predicted octanol–water partition coefficient (Wildman–Crippen LogP) is 5.51. The van der Waals surface area contributed by atoms with Crippen molar-refractivity contribution >= 4 is 17.8 Å². The molecule has 0 spiro atoms. The van der Waals surface area contributed by atoms with Gasteiger partial charge in [-0.2, -0.15) is 0 Å². The zero-order valence-corrected chi connectivity index (χ0v) is 33.4. The molecule has 0 aliphatic carbocycles. The Morgan fingerprint density at radius 2 is 1.30 bits per heavy atom. The van der Waals surface area contributed by atoms with Gasteiger partial charge in [-0.1, -0.05) is 56.9 Å². The van der Waals surface area contributed by atoms with E-state index in [0.29, 0.717) is 45.4 Å². The number of aromatic nitrogens is 4. The third-order valence-electron chi connectivity index (χ3n) is 11.7. The summed E-state index contributed by atoms with van der Waals surface area (Å²) in [5, 5.41) is 13.3. The van der Waals surface area contributed by atoms with E-state index >= 15 is 0 Å².